The number of H-pyrrole nitrogens is 1. The van der Waals surface area contributed by atoms with Crippen molar-refractivity contribution < 1.29 is 4.68 Å². The van der Waals surface area contributed by atoms with Crippen LogP contribution in [0.2, 0.25) is 0 Å². The van der Waals surface area contributed by atoms with Gasteiger partial charge in [-0.25, -0.2) is 0 Å². The predicted molar refractivity (Wildman–Crippen MR) is 63.6 cm³/mol. The first-order valence-electron chi connectivity index (χ1n) is 5.56. The van der Waals surface area contributed by atoms with Crippen molar-refractivity contribution in [1.29, 1.82) is 0 Å². The Morgan fingerprint density at radius 1 is 1.31 bits per heavy atom. The molecule has 3 nitrogen and oxygen atoms in total. The molecule has 1 N–H and O–H groups in total. The Labute approximate surface area is 99.9 Å². The maximum absolute atomic E-state index is 4.60. The Kier molecular flexibility index (Phi) is 2.44. The van der Waals surface area contributed by atoms with Crippen LogP contribution < -0.4 is 4.68 Å². The number of hydrogen-bond donors (Lipinski definition) is 2. The molecule has 0 radical (unpaired) electrons. The molecule has 0 amide bonds. The first-order chi connectivity index (χ1) is 7.84. The van der Waals surface area contributed by atoms with Gasteiger partial charge in [-0.1, -0.05) is 12.6 Å². The molecule has 1 aliphatic rings. The minimum atomic E-state index is 0.842. The Morgan fingerprint density at radius 2 is 2.12 bits per heavy atom. The average Bonchev–Trinajstić information content (AvgIpc) is 2.86. The molecule has 0 saturated heterocycles. The van der Waals surface area contributed by atoms with Gasteiger partial charge in [-0.2, -0.15) is 5.10 Å². The van der Waals surface area contributed by atoms with Crippen molar-refractivity contribution in [3.8, 4) is 0 Å². The summed E-state index contributed by atoms with van der Waals surface area (Å²) in [5, 5.41) is 4.52. The average molecular weight is 232 g/mol. The number of thiol groups is 1. The molecular weight excluding hydrogens is 218 g/mol. The first kappa shape index (κ1) is 9.90. The highest BCUT2D eigenvalue weighted by Gasteiger charge is 2.25. The molecule has 3 rings (SSSR count). The molecule has 0 atom stereocenters. The summed E-state index contributed by atoms with van der Waals surface area (Å²) in [4.78, 5) is 4.02. The van der Waals surface area contributed by atoms with Gasteiger partial charge in [0.2, 0.25) is 0 Å². The van der Waals surface area contributed by atoms with E-state index in [4.69, 9.17) is 0 Å². The summed E-state index contributed by atoms with van der Waals surface area (Å²) < 4.78 is 2.11. The zero-order valence-electron chi connectivity index (χ0n) is 8.98. The van der Waals surface area contributed by atoms with Crippen molar-refractivity contribution in [3.63, 3.8) is 0 Å². The van der Waals surface area contributed by atoms with Crippen molar-refractivity contribution in [2.75, 3.05) is 0 Å². The number of rotatable bonds is 2. The lowest BCUT2D eigenvalue weighted by Gasteiger charge is -1.95. The van der Waals surface area contributed by atoms with E-state index in [1.807, 2.05) is 24.5 Å². The molecule has 0 saturated carbocycles. The van der Waals surface area contributed by atoms with Gasteiger partial charge in [-0.05, 0) is 31.4 Å². The van der Waals surface area contributed by atoms with Crippen molar-refractivity contribution in [1.82, 2.24) is 10.1 Å². The Hall–Kier alpha value is -1.29. The van der Waals surface area contributed by atoms with Gasteiger partial charge in [0.25, 0.3) is 5.03 Å². The second-order valence-electron chi connectivity index (χ2n) is 4.19. The van der Waals surface area contributed by atoms with Crippen LogP contribution in [0, 0.1) is 0 Å². The number of pyridine rings is 1. The number of hydrogen-bond acceptors (Lipinski definition) is 2. The van der Waals surface area contributed by atoms with E-state index in [1.54, 1.807) is 0 Å². The number of aromatic nitrogens is 3. The van der Waals surface area contributed by atoms with Gasteiger partial charge in [-0.15, -0.1) is 4.68 Å². The topological polar surface area (TPSA) is 32.6 Å². The summed E-state index contributed by atoms with van der Waals surface area (Å²) in [6, 6.07) is 4.07. The summed E-state index contributed by atoms with van der Waals surface area (Å²) in [6.45, 7) is 0.842. The molecule has 0 unspecified atom stereocenters. The van der Waals surface area contributed by atoms with Crippen LogP contribution in [0.4, 0.5) is 0 Å². The smallest absolute Gasteiger partial charge is 0.265 e. The SMILES string of the molecule is Sc1c2c([nH][n+]1Cc1ccncc1)CCC2. The molecule has 0 fully saturated rings. The minimum Gasteiger partial charge on any atom is -0.265 e. The summed E-state index contributed by atoms with van der Waals surface area (Å²) in [5.41, 5.74) is 4.01. The number of fused-ring (bicyclic) bond motifs is 1. The minimum absolute atomic E-state index is 0.842. The number of nitrogens with zero attached hydrogens (tertiary/aromatic N) is 2. The normalized spacial score (nSPS) is 14.1. The molecular formula is C12H14N3S+. The highest BCUT2D eigenvalue weighted by Crippen LogP contribution is 2.23. The third-order valence-electron chi connectivity index (χ3n) is 3.10. The van der Waals surface area contributed by atoms with E-state index in [2.05, 4.69) is 27.4 Å². The van der Waals surface area contributed by atoms with Gasteiger partial charge in [0.1, 0.15) is 0 Å². The fourth-order valence-electron chi connectivity index (χ4n) is 2.28. The third kappa shape index (κ3) is 1.63. The molecule has 0 bridgehead atoms. The van der Waals surface area contributed by atoms with Crippen molar-refractivity contribution >= 4 is 12.6 Å². The summed E-state index contributed by atoms with van der Waals surface area (Å²) >= 11 is 4.60. The van der Waals surface area contributed by atoms with Crippen LogP contribution >= 0.6 is 12.6 Å². The second-order valence-corrected chi connectivity index (χ2v) is 4.61. The van der Waals surface area contributed by atoms with Crippen LogP contribution in [-0.2, 0) is 19.4 Å². The summed E-state index contributed by atoms with van der Waals surface area (Å²) in [7, 11) is 0. The zero-order chi connectivity index (χ0) is 11.0. The molecule has 0 aliphatic heterocycles. The van der Waals surface area contributed by atoms with E-state index >= 15 is 0 Å². The second kappa shape index (κ2) is 3.94. The van der Waals surface area contributed by atoms with Crippen molar-refractivity contribution in [3.05, 3.63) is 41.3 Å². The molecule has 0 spiro atoms. The highest BCUT2D eigenvalue weighted by molar-refractivity contribution is 7.80. The molecule has 16 heavy (non-hydrogen) atoms. The zero-order valence-corrected chi connectivity index (χ0v) is 9.87. The van der Waals surface area contributed by atoms with E-state index in [0.717, 1.165) is 24.4 Å². The van der Waals surface area contributed by atoms with Crippen LogP contribution in [0.15, 0.2) is 29.6 Å². The molecule has 1 aliphatic carbocycles. The molecule has 4 heteroatoms. The van der Waals surface area contributed by atoms with Gasteiger partial charge in [0, 0.05) is 18.0 Å². The molecule has 2 aromatic heterocycles. The van der Waals surface area contributed by atoms with Crippen LogP contribution in [0.1, 0.15) is 23.2 Å². The van der Waals surface area contributed by atoms with Crippen LogP contribution in [0.5, 0.6) is 0 Å². The maximum Gasteiger partial charge on any atom is 0.266 e. The molecule has 2 heterocycles. The Balaban J connectivity index is 1.91. The summed E-state index contributed by atoms with van der Waals surface area (Å²) in [5.74, 6) is 0. The first-order valence-corrected chi connectivity index (χ1v) is 6.01. The van der Waals surface area contributed by atoms with E-state index in [1.165, 1.54) is 23.2 Å². The van der Waals surface area contributed by atoms with Crippen molar-refractivity contribution in [2.24, 2.45) is 0 Å². The predicted octanol–water partition coefficient (Wildman–Crippen LogP) is 1.52. The van der Waals surface area contributed by atoms with E-state index in [-0.39, 0.29) is 0 Å². The van der Waals surface area contributed by atoms with E-state index in [0.29, 0.717) is 0 Å². The Morgan fingerprint density at radius 3 is 2.88 bits per heavy atom. The monoisotopic (exact) mass is 232 g/mol. The van der Waals surface area contributed by atoms with Gasteiger partial charge in [0.15, 0.2) is 6.54 Å². The lowest BCUT2D eigenvalue weighted by molar-refractivity contribution is -0.776. The largest absolute Gasteiger partial charge is 0.266 e. The van der Waals surface area contributed by atoms with Crippen LogP contribution in [0.25, 0.3) is 0 Å². The van der Waals surface area contributed by atoms with Crippen molar-refractivity contribution in [2.45, 2.75) is 30.8 Å². The maximum atomic E-state index is 4.60. The molecule has 2 aromatic rings. The standard InChI is InChI=1S/C12H13N3S/c16-12-10-2-1-3-11(10)14-15(12)8-9-4-6-13-7-5-9/h4-7H,1-3,8H2,(H,14,16)/p+1. The fourth-order valence-corrected chi connectivity index (χ4v) is 2.65. The fraction of sp³-hybridized carbons (Fsp3) is 0.333. The highest BCUT2D eigenvalue weighted by atomic mass is 32.1. The Bertz CT molecular complexity index is 504. The van der Waals surface area contributed by atoms with Crippen LogP contribution in [-0.4, -0.2) is 10.1 Å². The molecule has 0 aromatic carbocycles. The number of aromatic amines is 1. The number of aryl methyl sites for hydroxylation is 1. The third-order valence-corrected chi connectivity index (χ3v) is 3.61. The van der Waals surface area contributed by atoms with Gasteiger partial charge >= 0.3 is 0 Å². The summed E-state index contributed by atoms with van der Waals surface area (Å²) in [6.07, 6.45) is 7.22. The molecule has 82 valence electrons. The number of nitrogens with one attached hydrogen (secondary N) is 1. The lowest BCUT2D eigenvalue weighted by Crippen LogP contribution is -2.38. The van der Waals surface area contributed by atoms with E-state index < -0.39 is 0 Å². The lowest BCUT2D eigenvalue weighted by atomic mass is 10.2. The van der Waals surface area contributed by atoms with Gasteiger partial charge in [-0.3, -0.25) is 4.98 Å². The quantitative estimate of drug-likeness (QED) is 0.597. The van der Waals surface area contributed by atoms with Gasteiger partial charge in [0.05, 0.1) is 11.3 Å². The van der Waals surface area contributed by atoms with Gasteiger partial charge < -0.3 is 0 Å². The van der Waals surface area contributed by atoms with E-state index in [9.17, 15) is 0 Å². The van der Waals surface area contributed by atoms with Crippen LogP contribution in [0.3, 0.4) is 0 Å².